The number of carbonyl (C=O) groups is 4. The number of hydrogen-bond donors (Lipinski definition) is 6. The van der Waals surface area contributed by atoms with E-state index < -0.39 is 47.9 Å². The summed E-state index contributed by atoms with van der Waals surface area (Å²) < 4.78 is 0. The fraction of sp³-hybridized carbons (Fsp3) is 0.765. The van der Waals surface area contributed by atoms with Gasteiger partial charge in [0, 0.05) is 5.75 Å². The highest BCUT2D eigenvalue weighted by atomic mass is 32.1. The number of carboxylic acids is 1. The summed E-state index contributed by atoms with van der Waals surface area (Å²) in [6, 6.07) is -3.76. The molecule has 0 fully saturated rings. The summed E-state index contributed by atoms with van der Waals surface area (Å²) in [7, 11) is 0. The number of carboxylic acid groups (broad SMARTS) is 1. The number of carbonyl (C=O) groups excluding carboxylic acids is 3. The van der Waals surface area contributed by atoms with E-state index in [1.807, 2.05) is 13.8 Å². The van der Waals surface area contributed by atoms with Crippen molar-refractivity contribution in [3.63, 3.8) is 0 Å². The smallest absolute Gasteiger partial charge is 0.327 e. The van der Waals surface area contributed by atoms with Crippen LogP contribution in [0.1, 0.15) is 41.0 Å². The van der Waals surface area contributed by atoms with Crippen LogP contribution in [0.15, 0.2) is 0 Å². The molecule has 5 atom stereocenters. The normalized spacial score (nSPS) is 16.6. The molecular formula is C17H32N4O5S. The Morgan fingerprint density at radius 2 is 1.52 bits per heavy atom. The Kier molecular flexibility index (Phi) is 11.0. The molecule has 0 bridgehead atoms. The van der Waals surface area contributed by atoms with Gasteiger partial charge in [0.2, 0.25) is 17.7 Å². The minimum absolute atomic E-state index is 0.0419. The van der Waals surface area contributed by atoms with Crippen LogP contribution in [-0.4, -0.2) is 58.7 Å². The molecule has 0 radical (unpaired) electrons. The SMILES string of the molecule is CCC(C)C(N)C(=O)NC(C(=O)NC(C)C(=O)NC(CS)C(=O)O)C(C)C. The van der Waals surface area contributed by atoms with E-state index in [9.17, 15) is 19.2 Å². The van der Waals surface area contributed by atoms with Crippen molar-refractivity contribution in [3.05, 3.63) is 0 Å². The average Bonchev–Trinajstić information content (AvgIpc) is 2.61. The van der Waals surface area contributed by atoms with E-state index in [1.165, 1.54) is 6.92 Å². The maximum atomic E-state index is 12.5. The first-order valence-corrected chi connectivity index (χ1v) is 9.59. The average molecular weight is 405 g/mol. The first kappa shape index (κ1) is 25.2. The van der Waals surface area contributed by atoms with Gasteiger partial charge in [0.05, 0.1) is 6.04 Å². The zero-order valence-electron chi connectivity index (χ0n) is 16.5. The fourth-order valence-corrected chi connectivity index (χ4v) is 2.40. The molecule has 10 heteroatoms. The van der Waals surface area contributed by atoms with Crippen molar-refractivity contribution in [1.82, 2.24) is 16.0 Å². The molecule has 0 aliphatic carbocycles. The van der Waals surface area contributed by atoms with Gasteiger partial charge >= 0.3 is 5.97 Å². The monoisotopic (exact) mass is 404 g/mol. The highest BCUT2D eigenvalue weighted by Crippen LogP contribution is 2.08. The van der Waals surface area contributed by atoms with Crippen molar-refractivity contribution >= 4 is 36.3 Å². The van der Waals surface area contributed by atoms with Crippen molar-refractivity contribution in [2.75, 3.05) is 5.75 Å². The molecule has 156 valence electrons. The second kappa shape index (κ2) is 11.8. The number of rotatable bonds is 11. The summed E-state index contributed by atoms with van der Waals surface area (Å²) in [6.07, 6.45) is 0.722. The molecule has 0 aromatic rings. The van der Waals surface area contributed by atoms with Crippen molar-refractivity contribution in [2.24, 2.45) is 17.6 Å². The van der Waals surface area contributed by atoms with E-state index in [2.05, 4.69) is 28.6 Å². The lowest BCUT2D eigenvalue weighted by Gasteiger charge is -2.26. The maximum absolute atomic E-state index is 12.5. The van der Waals surface area contributed by atoms with E-state index in [1.54, 1.807) is 13.8 Å². The van der Waals surface area contributed by atoms with Gasteiger partial charge in [0.15, 0.2) is 0 Å². The predicted octanol–water partition coefficient (Wildman–Crippen LogP) is -0.495. The summed E-state index contributed by atoms with van der Waals surface area (Å²) >= 11 is 3.87. The molecule has 0 aliphatic rings. The molecule has 0 spiro atoms. The first-order valence-electron chi connectivity index (χ1n) is 8.96. The standard InChI is InChI=1S/C17H32N4O5S/c1-6-9(4)12(18)15(23)21-13(8(2)3)16(24)19-10(5)14(22)20-11(7-27)17(25)26/h8-13,27H,6-7,18H2,1-5H3,(H,19,24)(H,20,22)(H,21,23)(H,25,26). The van der Waals surface area contributed by atoms with Gasteiger partial charge in [-0.2, -0.15) is 12.6 Å². The third-order valence-corrected chi connectivity index (χ3v) is 4.72. The molecule has 0 aliphatic heterocycles. The minimum Gasteiger partial charge on any atom is -0.480 e. The number of nitrogens with two attached hydrogens (primary N) is 1. The third kappa shape index (κ3) is 8.17. The number of aliphatic carboxylic acids is 1. The van der Waals surface area contributed by atoms with Crippen molar-refractivity contribution < 1.29 is 24.3 Å². The number of hydrogen-bond acceptors (Lipinski definition) is 6. The maximum Gasteiger partial charge on any atom is 0.327 e. The topological polar surface area (TPSA) is 151 Å². The second-order valence-corrected chi connectivity index (χ2v) is 7.32. The number of thiol groups is 1. The lowest BCUT2D eigenvalue weighted by atomic mass is 9.97. The Bertz CT molecular complexity index is 543. The van der Waals surface area contributed by atoms with Gasteiger partial charge in [-0.05, 0) is 18.8 Å². The Morgan fingerprint density at radius 1 is 0.963 bits per heavy atom. The van der Waals surface area contributed by atoms with Crippen LogP contribution in [0.4, 0.5) is 0 Å². The molecule has 3 amide bonds. The van der Waals surface area contributed by atoms with Gasteiger partial charge in [0.1, 0.15) is 18.1 Å². The van der Waals surface area contributed by atoms with Crippen LogP contribution in [0.2, 0.25) is 0 Å². The lowest BCUT2D eigenvalue weighted by molar-refractivity contribution is -0.141. The van der Waals surface area contributed by atoms with Gasteiger partial charge in [0.25, 0.3) is 0 Å². The summed E-state index contributed by atoms with van der Waals surface area (Å²) in [5.41, 5.74) is 5.90. The van der Waals surface area contributed by atoms with Crippen LogP contribution in [0.25, 0.3) is 0 Å². The molecule has 0 saturated heterocycles. The first-order chi connectivity index (χ1) is 12.5. The third-order valence-electron chi connectivity index (χ3n) is 4.36. The van der Waals surface area contributed by atoms with Gasteiger partial charge < -0.3 is 26.8 Å². The molecule has 6 N–H and O–H groups in total. The van der Waals surface area contributed by atoms with Gasteiger partial charge in [-0.3, -0.25) is 14.4 Å². The molecule has 5 unspecified atom stereocenters. The highest BCUT2D eigenvalue weighted by molar-refractivity contribution is 7.80. The van der Waals surface area contributed by atoms with Gasteiger partial charge in [-0.15, -0.1) is 0 Å². The minimum atomic E-state index is -1.22. The van der Waals surface area contributed by atoms with Crippen molar-refractivity contribution in [3.8, 4) is 0 Å². The van der Waals surface area contributed by atoms with Crippen molar-refractivity contribution in [2.45, 2.75) is 65.2 Å². The Labute approximate surface area is 165 Å². The van der Waals surface area contributed by atoms with Crippen LogP contribution in [0.3, 0.4) is 0 Å². The van der Waals surface area contributed by atoms with E-state index >= 15 is 0 Å². The summed E-state index contributed by atoms with van der Waals surface area (Å²) in [6.45, 7) is 8.70. The summed E-state index contributed by atoms with van der Waals surface area (Å²) in [5.74, 6) is -3.22. The van der Waals surface area contributed by atoms with Crippen LogP contribution in [0, 0.1) is 11.8 Å². The Balaban J connectivity index is 4.95. The molecule has 9 nitrogen and oxygen atoms in total. The fourth-order valence-electron chi connectivity index (χ4n) is 2.15. The van der Waals surface area contributed by atoms with E-state index in [0.29, 0.717) is 0 Å². The second-order valence-electron chi connectivity index (χ2n) is 6.95. The molecule has 0 heterocycles. The Hall–Kier alpha value is -1.81. The largest absolute Gasteiger partial charge is 0.480 e. The molecule has 0 aromatic carbocycles. The van der Waals surface area contributed by atoms with Crippen LogP contribution in [0.5, 0.6) is 0 Å². The Morgan fingerprint density at radius 3 is 1.93 bits per heavy atom. The van der Waals surface area contributed by atoms with Crippen LogP contribution < -0.4 is 21.7 Å². The molecular weight excluding hydrogens is 372 g/mol. The van der Waals surface area contributed by atoms with Crippen molar-refractivity contribution in [1.29, 1.82) is 0 Å². The zero-order chi connectivity index (χ0) is 21.3. The molecule has 0 aromatic heterocycles. The van der Waals surface area contributed by atoms with Crippen LogP contribution >= 0.6 is 12.6 Å². The van der Waals surface area contributed by atoms with E-state index in [0.717, 1.165) is 6.42 Å². The molecule has 27 heavy (non-hydrogen) atoms. The number of amides is 3. The molecule has 0 saturated carbocycles. The van der Waals surface area contributed by atoms with Gasteiger partial charge in [-0.25, -0.2) is 4.79 Å². The van der Waals surface area contributed by atoms with E-state index in [-0.39, 0.29) is 17.6 Å². The van der Waals surface area contributed by atoms with E-state index in [4.69, 9.17) is 10.8 Å². The van der Waals surface area contributed by atoms with Gasteiger partial charge in [-0.1, -0.05) is 34.1 Å². The molecule has 0 rings (SSSR count). The summed E-state index contributed by atoms with van der Waals surface area (Å²) in [5, 5.41) is 16.4. The lowest BCUT2D eigenvalue weighted by Crippen LogP contribution is -2.58. The highest BCUT2D eigenvalue weighted by Gasteiger charge is 2.30. The quantitative estimate of drug-likeness (QED) is 0.256. The zero-order valence-corrected chi connectivity index (χ0v) is 17.4. The summed E-state index contributed by atoms with van der Waals surface area (Å²) in [4.78, 5) is 47.8. The number of nitrogens with one attached hydrogen (secondary N) is 3. The van der Waals surface area contributed by atoms with Crippen LogP contribution in [-0.2, 0) is 19.2 Å². The predicted molar refractivity (Wildman–Crippen MR) is 105 cm³/mol.